The van der Waals surface area contributed by atoms with Gasteiger partial charge in [-0.2, -0.15) is 0 Å². The smallest absolute Gasteiger partial charge is 0.306 e. The van der Waals surface area contributed by atoms with E-state index >= 15 is 0 Å². The predicted octanol–water partition coefficient (Wildman–Crippen LogP) is 1.61. The highest BCUT2D eigenvalue weighted by Crippen LogP contribution is 2.01. The summed E-state index contributed by atoms with van der Waals surface area (Å²) in [6, 6.07) is 0. The Labute approximate surface area is 83.7 Å². The molecule has 0 aliphatic rings. The van der Waals surface area contributed by atoms with E-state index in [1.54, 1.807) is 0 Å². The summed E-state index contributed by atoms with van der Waals surface area (Å²) < 4.78 is 4.78. The summed E-state index contributed by atoms with van der Waals surface area (Å²) in [7, 11) is 0. The van der Waals surface area contributed by atoms with E-state index in [4.69, 9.17) is 4.74 Å². The lowest BCUT2D eigenvalue weighted by Gasteiger charge is -2.00. The van der Waals surface area contributed by atoms with Crippen molar-refractivity contribution < 1.29 is 14.3 Å². The Kier molecular flexibility index (Phi) is 8.70. The number of rotatable bonds is 8. The zero-order valence-corrected chi connectivity index (χ0v) is 8.20. The minimum absolute atomic E-state index is 0.205. The number of aliphatic imine (C=N–C) groups is 1. The lowest BCUT2D eigenvalue weighted by atomic mass is 10.2. The first-order valence-corrected chi connectivity index (χ1v) is 4.61. The molecule has 0 radical (unpaired) electrons. The second kappa shape index (κ2) is 9.68. The van der Waals surface area contributed by atoms with Gasteiger partial charge in [0, 0.05) is 6.42 Å². The molecule has 0 aromatic rings. The topological polar surface area (TPSA) is 55.7 Å². The Morgan fingerprint density at radius 3 is 2.86 bits per heavy atom. The molecule has 0 amide bonds. The van der Waals surface area contributed by atoms with Crippen LogP contribution < -0.4 is 0 Å². The number of esters is 1. The van der Waals surface area contributed by atoms with Crippen LogP contribution >= 0.6 is 0 Å². The van der Waals surface area contributed by atoms with Gasteiger partial charge in [0.2, 0.25) is 6.08 Å². The molecule has 0 rings (SSSR count). The summed E-state index contributed by atoms with van der Waals surface area (Å²) in [6.07, 6.45) is 5.87. The van der Waals surface area contributed by atoms with Gasteiger partial charge in [-0.25, -0.2) is 9.79 Å². The minimum Gasteiger partial charge on any atom is -0.461 e. The minimum atomic E-state index is -0.205. The average Bonchev–Trinajstić information content (AvgIpc) is 2.20. The van der Waals surface area contributed by atoms with Gasteiger partial charge in [-0.15, -0.1) is 0 Å². The van der Waals surface area contributed by atoms with Crippen molar-refractivity contribution in [2.45, 2.75) is 25.7 Å². The van der Waals surface area contributed by atoms with Crippen LogP contribution in [-0.4, -0.2) is 25.2 Å². The van der Waals surface area contributed by atoms with Gasteiger partial charge in [0.1, 0.15) is 6.61 Å². The number of isocyanates is 1. The predicted molar refractivity (Wildman–Crippen MR) is 52.6 cm³/mol. The van der Waals surface area contributed by atoms with Crippen molar-refractivity contribution in [1.82, 2.24) is 0 Å². The summed E-state index contributed by atoms with van der Waals surface area (Å²) in [5.41, 5.74) is 0. The first-order valence-electron chi connectivity index (χ1n) is 4.61. The largest absolute Gasteiger partial charge is 0.461 e. The summed E-state index contributed by atoms with van der Waals surface area (Å²) >= 11 is 0. The number of carbonyl (C=O) groups is 1. The van der Waals surface area contributed by atoms with Crippen molar-refractivity contribution in [2.24, 2.45) is 4.99 Å². The highest BCUT2D eigenvalue weighted by molar-refractivity contribution is 5.69. The van der Waals surface area contributed by atoms with Crippen LogP contribution in [0.5, 0.6) is 0 Å². The van der Waals surface area contributed by atoms with Gasteiger partial charge in [-0.05, 0) is 12.8 Å². The van der Waals surface area contributed by atoms with Crippen molar-refractivity contribution in [3.8, 4) is 0 Å². The fraction of sp³-hybridized carbons (Fsp3) is 0.600. The summed E-state index contributed by atoms with van der Waals surface area (Å²) in [6.45, 7) is 4.20. The van der Waals surface area contributed by atoms with Gasteiger partial charge in [-0.1, -0.05) is 19.1 Å². The molecule has 0 aliphatic heterocycles. The van der Waals surface area contributed by atoms with E-state index in [0.29, 0.717) is 13.0 Å². The van der Waals surface area contributed by atoms with Crippen molar-refractivity contribution in [2.75, 3.05) is 13.2 Å². The lowest BCUT2D eigenvalue weighted by molar-refractivity contribution is -0.142. The molecule has 0 spiro atoms. The standard InChI is InChI=1S/C10H15NO3/c1-2-8-14-10(13)6-4-3-5-7-11-9-12/h2H,1,3-8H2. The van der Waals surface area contributed by atoms with E-state index in [2.05, 4.69) is 11.6 Å². The Morgan fingerprint density at radius 1 is 1.43 bits per heavy atom. The number of ether oxygens (including phenoxy) is 1. The van der Waals surface area contributed by atoms with E-state index in [1.165, 1.54) is 12.2 Å². The molecule has 0 fully saturated rings. The van der Waals surface area contributed by atoms with Crippen LogP contribution in [0.15, 0.2) is 17.6 Å². The zero-order valence-electron chi connectivity index (χ0n) is 8.20. The van der Waals surface area contributed by atoms with Crippen molar-refractivity contribution in [1.29, 1.82) is 0 Å². The summed E-state index contributed by atoms with van der Waals surface area (Å²) in [5.74, 6) is -0.205. The zero-order chi connectivity index (χ0) is 10.6. The van der Waals surface area contributed by atoms with Gasteiger partial charge >= 0.3 is 5.97 Å². The Morgan fingerprint density at radius 2 is 2.21 bits per heavy atom. The maximum atomic E-state index is 10.9. The third-order valence-corrected chi connectivity index (χ3v) is 1.58. The number of carbonyl (C=O) groups excluding carboxylic acids is 2. The van der Waals surface area contributed by atoms with E-state index < -0.39 is 0 Å². The van der Waals surface area contributed by atoms with Crippen LogP contribution in [-0.2, 0) is 14.3 Å². The Bertz CT molecular complexity index is 219. The maximum Gasteiger partial charge on any atom is 0.306 e. The van der Waals surface area contributed by atoms with Crippen LogP contribution in [0.2, 0.25) is 0 Å². The monoisotopic (exact) mass is 197 g/mol. The van der Waals surface area contributed by atoms with E-state index in [-0.39, 0.29) is 12.6 Å². The number of unbranched alkanes of at least 4 members (excludes halogenated alkanes) is 2. The SMILES string of the molecule is C=CCOC(=O)CCCCCN=C=O. The third kappa shape index (κ3) is 8.68. The molecule has 0 unspecified atom stereocenters. The summed E-state index contributed by atoms with van der Waals surface area (Å²) in [4.78, 5) is 24.0. The molecule has 0 atom stereocenters. The first kappa shape index (κ1) is 12.6. The van der Waals surface area contributed by atoms with Gasteiger partial charge in [0.05, 0.1) is 6.54 Å². The number of hydrogen-bond donors (Lipinski definition) is 0. The maximum absolute atomic E-state index is 10.9. The Balaban J connectivity index is 3.22. The molecule has 4 nitrogen and oxygen atoms in total. The van der Waals surface area contributed by atoms with E-state index in [0.717, 1.165) is 19.3 Å². The molecule has 0 saturated heterocycles. The van der Waals surface area contributed by atoms with Crippen LogP contribution in [0.3, 0.4) is 0 Å². The molecule has 0 heterocycles. The highest BCUT2D eigenvalue weighted by Gasteiger charge is 2.00. The van der Waals surface area contributed by atoms with E-state index in [9.17, 15) is 9.59 Å². The lowest BCUT2D eigenvalue weighted by Crippen LogP contribution is -2.03. The molecule has 4 heteroatoms. The van der Waals surface area contributed by atoms with Gasteiger partial charge < -0.3 is 4.74 Å². The van der Waals surface area contributed by atoms with Crippen molar-refractivity contribution >= 4 is 12.0 Å². The fourth-order valence-corrected chi connectivity index (χ4v) is 0.907. The number of nitrogens with zero attached hydrogens (tertiary/aromatic N) is 1. The normalized spacial score (nSPS) is 8.86. The second-order valence-electron chi connectivity index (χ2n) is 2.76. The molecule has 0 aromatic carbocycles. The molecule has 0 bridgehead atoms. The third-order valence-electron chi connectivity index (χ3n) is 1.58. The molecular formula is C10H15NO3. The number of hydrogen-bond acceptors (Lipinski definition) is 4. The highest BCUT2D eigenvalue weighted by atomic mass is 16.5. The van der Waals surface area contributed by atoms with Crippen LogP contribution in [0.25, 0.3) is 0 Å². The van der Waals surface area contributed by atoms with Crippen LogP contribution in [0.4, 0.5) is 0 Å². The molecular weight excluding hydrogens is 182 g/mol. The molecule has 0 aliphatic carbocycles. The second-order valence-corrected chi connectivity index (χ2v) is 2.76. The van der Waals surface area contributed by atoms with Gasteiger partial charge in [-0.3, -0.25) is 4.79 Å². The Hall–Kier alpha value is -1.41. The molecule has 78 valence electrons. The van der Waals surface area contributed by atoms with Crippen molar-refractivity contribution in [3.63, 3.8) is 0 Å². The molecule has 14 heavy (non-hydrogen) atoms. The van der Waals surface area contributed by atoms with Crippen LogP contribution in [0.1, 0.15) is 25.7 Å². The van der Waals surface area contributed by atoms with Gasteiger partial charge in [0.25, 0.3) is 0 Å². The molecule has 0 aromatic heterocycles. The molecule has 0 N–H and O–H groups in total. The van der Waals surface area contributed by atoms with Gasteiger partial charge in [0.15, 0.2) is 0 Å². The molecule has 0 saturated carbocycles. The first-order chi connectivity index (χ1) is 6.81. The summed E-state index contributed by atoms with van der Waals surface area (Å²) in [5, 5.41) is 0. The quantitative estimate of drug-likeness (QED) is 0.195. The van der Waals surface area contributed by atoms with Crippen molar-refractivity contribution in [3.05, 3.63) is 12.7 Å². The fourth-order valence-electron chi connectivity index (χ4n) is 0.907. The average molecular weight is 197 g/mol. The van der Waals surface area contributed by atoms with Crippen LogP contribution in [0, 0.1) is 0 Å². The van der Waals surface area contributed by atoms with E-state index in [1.807, 2.05) is 0 Å².